The van der Waals surface area contributed by atoms with Crippen LogP contribution < -0.4 is 0 Å². The Morgan fingerprint density at radius 1 is 1.50 bits per heavy atom. The fourth-order valence-electron chi connectivity index (χ4n) is 0.666. The van der Waals surface area contributed by atoms with Gasteiger partial charge in [0.1, 0.15) is 0 Å². The summed E-state index contributed by atoms with van der Waals surface area (Å²) in [5, 5.41) is -1.18. The summed E-state index contributed by atoms with van der Waals surface area (Å²) in [7, 11) is 0. The zero-order chi connectivity index (χ0) is 6.41. The largest absolute Gasteiger partial charge is 0.330 e. The predicted octanol–water partition coefficient (Wildman–Crippen LogP) is 2.32. The van der Waals surface area contributed by atoms with E-state index in [0.717, 1.165) is 6.42 Å². The molecule has 1 aliphatic heterocycles. The minimum Gasteiger partial charge on any atom is -0.330 e. The molecular formula is C5H8Cl2O. The Balaban J connectivity index is 2.55. The van der Waals surface area contributed by atoms with Crippen LogP contribution in [0.1, 0.15) is 20.3 Å². The van der Waals surface area contributed by atoms with Crippen molar-refractivity contribution in [2.75, 3.05) is 0 Å². The molecule has 0 amide bonds. The molecule has 1 saturated heterocycles. The van der Waals surface area contributed by atoms with Gasteiger partial charge in [0, 0.05) is 0 Å². The highest BCUT2D eigenvalue weighted by Crippen LogP contribution is 2.56. The smallest absolute Gasteiger partial charge is 0.186 e. The molecule has 2 atom stereocenters. The highest BCUT2D eigenvalue weighted by atomic mass is 35.5. The van der Waals surface area contributed by atoms with Crippen LogP contribution in [0.3, 0.4) is 0 Å². The van der Waals surface area contributed by atoms with Crippen LogP contribution in [-0.2, 0) is 4.74 Å². The predicted molar refractivity (Wildman–Crippen MR) is 34.2 cm³/mol. The van der Waals surface area contributed by atoms with Crippen molar-refractivity contribution < 1.29 is 4.74 Å². The minimum absolute atomic E-state index is 0.575. The van der Waals surface area contributed by atoms with Crippen molar-refractivity contribution in [2.45, 2.75) is 30.4 Å². The molecule has 0 unspecified atom stereocenters. The van der Waals surface area contributed by atoms with E-state index in [4.69, 9.17) is 27.9 Å². The molecule has 0 saturated carbocycles. The average molecular weight is 155 g/mol. The molecule has 48 valence electrons. The van der Waals surface area contributed by atoms with Gasteiger partial charge in [-0.25, -0.2) is 0 Å². The molecular weight excluding hydrogens is 147 g/mol. The van der Waals surface area contributed by atoms with Gasteiger partial charge in [-0.1, -0.05) is 30.1 Å². The highest BCUT2D eigenvalue weighted by molar-refractivity contribution is 6.36. The number of halogens is 2. The maximum absolute atomic E-state index is 5.77. The number of epoxide rings is 1. The topological polar surface area (TPSA) is 12.5 Å². The molecule has 1 nitrogen and oxygen atoms in total. The van der Waals surface area contributed by atoms with Crippen molar-refractivity contribution in [3.8, 4) is 0 Å². The third-order valence-electron chi connectivity index (χ3n) is 1.43. The molecule has 3 heteroatoms. The maximum Gasteiger partial charge on any atom is 0.186 e. The lowest BCUT2D eigenvalue weighted by atomic mass is 10.3. The standard InChI is InChI=1S/C5H8Cl2O/c1-3-5(7)4(2,6)8-5/h3H2,1-2H3/t4-,5-/m1/s1. The van der Waals surface area contributed by atoms with Crippen LogP contribution in [0.25, 0.3) is 0 Å². The summed E-state index contributed by atoms with van der Waals surface area (Å²) in [6, 6.07) is 0. The molecule has 1 aliphatic rings. The fraction of sp³-hybridized carbons (Fsp3) is 1.00. The lowest BCUT2D eigenvalue weighted by Gasteiger charge is -1.96. The van der Waals surface area contributed by atoms with Gasteiger partial charge in [0.25, 0.3) is 0 Å². The van der Waals surface area contributed by atoms with Gasteiger partial charge in [0.05, 0.1) is 0 Å². The molecule has 1 heterocycles. The summed E-state index contributed by atoms with van der Waals surface area (Å²) in [6.07, 6.45) is 0.758. The van der Waals surface area contributed by atoms with Gasteiger partial charge in [-0.2, -0.15) is 0 Å². The van der Waals surface area contributed by atoms with Crippen molar-refractivity contribution in [3.05, 3.63) is 0 Å². The van der Waals surface area contributed by atoms with Gasteiger partial charge in [-0.15, -0.1) is 0 Å². The monoisotopic (exact) mass is 154 g/mol. The van der Waals surface area contributed by atoms with E-state index in [1.54, 1.807) is 6.92 Å². The molecule has 1 rings (SSSR count). The van der Waals surface area contributed by atoms with Gasteiger partial charge in [0.15, 0.2) is 10.1 Å². The summed E-state index contributed by atoms with van der Waals surface area (Å²) in [5.74, 6) is 0. The molecule has 0 aromatic heterocycles. The molecule has 8 heavy (non-hydrogen) atoms. The van der Waals surface area contributed by atoms with E-state index in [1.165, 1.54) is 0 Å². The third kappa shape index (κ3) is 0.734. The van der Waals surface area contributed by atoms with E-state index in [2.05, 4.69) is 0 Å². The van der Waals surface area contributed by atoms with Crippen LogP contribution in [-0.4, -0.2) is 10.1 Å². The molecule has 0 N–H and O–H groups in total. The van der Waals surface area contributed by atoms with Crippen LogP contribution in [0.15, 0.2) is 0 Å². The first-order chi connectivity index (χ1) is 3.52. The quantitative estimate of drug-likeness (QED) is 0.418. The molecule has 1 fully saturated rings. The Hall–Kier alpha value is 0.540. The molecule has 0 spiro atoms. The molecule has 0 aromatic rings. The number of alkyl halides is 2. The van der Waals surface area contributed by atoms with E-state index >= 15 is 0 Å². The average Bonchev–Trinajstić information content (AvgIpc) is 2.10. The summed E-state index contributed by atoms with van der Waals surface area (Å²) in [6.45, 7) is 3.71. The second-order valence-electron chi connectivity index (χ2n) is 2.10. The maximum atomic E-state index is 5.77. The summed E-state index contributed by atoms with van der Waals surface area (Å²) >= 11 is 11.5. The SMILES string of the molecule is CC[C@@]1(Cl)O[C@@]1(C)Cl. The molecule has 0 aromatic carbocycles. The number of ether oxygens (including phenoxy) is 1. The van der Waals surface area contributed by atoms with Gasteiger partial charge in [-0.05, 0) is 13.3 Å². The summed E-state index contributed by atoms with van der Waals surface area (Å²) < 4.78 is 4.97. The van der Waals surface area contributed by atoms with E-state index in [-0.39, 0.29) is 0 Å². The third-order valence-corrected chi connectivity index (χ3v) is 2.62. The zero-order valence-electron chi connectivity index (χ0n) is 4.87. The molecule has 0 aliphatic carbocycles. The Morgan fingerprint density at radius 3 is 1.88 bits per heavy atom. The van der Waals surface area contributed by atoms with E-state index < -0.39 is 10.1 Å². The van der Waals surface area contributed by atoms with Crippen LogP contribution in [0.2, 0.25) is 0 Å². The summed E-state index contributed by atoms with van der Waals surface area (Å²) in [4.78, 5) is 0. The van der Waals surface area contributed by atoms with Crippen molar-refractivity contribution in [1.29, 1.82) is 0 Å². The Bertz CT molecular complexity index is 113. The second-order valence-corrected chi connectivity index (χ2v) is 3.43. The van der Waals surface area contributed by atoms with Gasteiger partial charge < -0.3 is 4.74 Å². The minimum atomic E-state index is -0.608. The number of hydrogen-bond donors (Lipinski definition) is 0. The van der Waals surface area contributed by atoms with Crippen LogP contribution in [0.4, 0.5) is 0 Å². The Kier molecular flexibility index (Phi) is 1.27. The Morgan fingerprint density at radius 2 is 1.88 bits per heavy atom. The van der Waals surface area contributed by atoms with Crippen molar-refractivity contribution in [2.24, 2.45) is 0 Å². The van der Waals surface area contributed by atoms with Crippen LogP contribution in [0, 0.1) is 0 Å². The zero-order valence-corrected chi connectivity index (χ0v) is 6.38. The van der Waals surface area contributed by atoms with Crippen LogP contribution in [0.5, 0.6) is 0 Å². The fourth-order valence-corrected chi connectivity index (χ4v) is 1.13. The molecule has 0 radical (unpaired) electrons. The lowest BCUT2D eigenvalue weighted by Crippen LogP contribution is -2.08. The van der Waals surface area contributed by atoms with E-state index in [1.807, 2.05) is 6.92 Å². The number of hydrogen-bond acceptors (Lipinski definition) is 1. The molecule has 0 bridgehead atoms. The van der Waals surface area contributed by atoms with Crippen molar-refractivity contribution >= 4 is 23.2 Å². The highest BCUT2D eigenvalue weighted by Gasteiger charge is 2.64. The first-order valence-electron chi connectivity index (χ1n) is 2.60. The summed E-state index contributed by atoms with van der Waals surface area (Å²) in [5.41, 5.74) is 0. The van der Waals surface area contributed by atoms with Crippen LogP contribution >= 0.6 is 23.2 Å². The Labute approximate surface area is 58.9 Å². The lowest BCUT2D eigenvalue weighted by molar-refractivity contribution is 0.339. The van der Waals surface area contributed by atoms with E-state index in [0.29, 0.717) is 0 Å². The van der Waals surface area contributed by atoms with Gasteiger partial charge >= 0.3 is 0 Å². The number of rotatable bonds is 1. The van der Waals surface area contributed by atoms with Crippen molar-refractivity contribution in [1.82, 2.24) is 0 Å². The second kappa shape index (κ2) is 1.53. The van der Waals surface area contributed by atoms with E-state index in [9.17, 15) is 0 Å². The van der Waals surface area contributed by atoms with Gasteiger partial charge in [-0.3, -0.25) is 0 Å². The normalized spacial score (nSPS) is 54.0. The van der Waals surface area contributed by atoms with Crippen molar-refractivity contribution in [3.63, 3.8) is 0 Å². The van der Waals surface area contributed by atoms with Gasteiger partial charge in [0.2, 0.25) is 0 Å². The first kappa shape index (κ1) is 6.66. The first-order valence-corrected chi connectivity index (χ1v) is 3.35.